The van der Waals surface area contributed by atoms with Crippen LogP contribution in [-0.2, 0) is 0 Å². The van der Waals surface area contributed by atoms with Crippen LogP contribution in [0.1, 0.15) is 10.4 Å². The highest BCUT2D eigenvalue weighted by Gasteiger charge is 2.02. The van der Waals surface area contributed by atoms with Crippen LogP contribution < -0.4 is 5.32 Å². The van der Waals surface area contributed by atoms with Gasteiger partial charge in [0.25, 0.3) is 0 Å². The first-order valence-electron chi connectivity index (χ1n) is 5.76. The van der Waals surface area contributed by atoms with Gasteiger partial charge in [0.1, 0.15) is 0 Å². The average Bonchev–Trinajstić information content (AvgIpc) is 2.46. The minimum atomic E-state index is -1.02. The van der Waals surface area contributed by atoms with E-state index in [4.69, 9.17) is 5.11 Å². The molecule has 2 N–H and O–H groups in total. The third kappa shape index (κ3) is 3.74. The zero-order valence-electron chi connectivity index (χ0n) is 10.4. The Morgan fingerprint density at radius 2 is 1.60 bits per heavy atom. The summed E-state index contributed by atoms with van der Waals surface area (Å²) in [7, 11) is 0. The van der Waals surface area contributed by atoms with Gasteiger partial charge in [0.2, 0.25) is 0 Å². The first-order valence-corrected chi connectivity index (χ1v) is 5.76. The second kappa shape index (κ2) is 6.24. The number of carboxylic acids is 1. The maximum Gasteiger partial charge on any atom is 0.364 e. The fourth-order valence-corrected chi connectivity index (χ4v) is 1.44. The van der Waals surface area contributed by atoms with Gasteiger partial charge in [0.15, 0.2) is 0 Å². The number of aromatic carboxylic acids is 1. The number of hydrogen-bond acceptors (Lipinski definition) is 3. The predicted octanol–water partition coefficient (Wildman–Crippen LogP) is 3.70. The molecule has 0 saturated carbocycles. The summed E-state index contributed by atoms with van der Waals surface area (Å²) >= 11 is 0. The number of carbonyl (C=O) groups is 2. The zero-order valence-corrected chi connectivity index (χ0v) is 10.4. The van der Waals surface area contributed by atoms with Crippen LogP contribution in [0.2, 0.25) is 0 Å². The van der Waals surface area contributed by atoms with Gasteiger partial charge in [-0.15, -0.1) is 5.11 Å². The van der Waals surface area contributed by atoms with Gasteiger partial charge >= 0.3 is 12.0 Å². The molecule has 2 amide bonds. The Morgan fingerprint density at radius 3 is 2.20 bits per heavy atom. The van der Waals surface area contributed by atoms with Gasteiger partial charge in [-0.2, -0.15) is 0 Å². The first-order chi connectivity index (χ1) is 9.65. The van der Waals surface area contributed by atoms with Crippen LogP contribution >= 0.6 is 0 Å². The topological polar surface area (TPSA) is 91.1 Å². The highest BCUT2D eigenvalue weighted by atomic mass is 16.4. The monoisotopic (exact) mass is 269 g/mol. The molecule has 0 bridgehead atoms. The smallest absolute Gasteiger partial charge is 0.364 e. The number of azo groups is 1. The van der Waals surface area contributed by atoms with E-state index in [1.807, 2.05) is 6.07 Å². The highest BCUT2D eigenvalue weighted by Crippen LogP contribution is 2.14. The van der Waals surface area contributed by atoms with Crippen molar-refractivity contribution in [1.82, 2.24) is 0 Å². The molecule has 0 heterocycles. The van der Waals surface area contributed by atoms with Crippen molar-refractivity contribution in [3.05, 3.63) is 60.2 Å². The summed E-state index contributed by atoms with van der Waals surface area (Å²) in [5.41, 5.74) is 1.17. The number of nitrogens with one attached hydrogen (secondary N) is 1. The lowest BCUT2D eigenvalue weighted by atomic mass is 10.2. The third-order valence-electron chi connectivity index (χ3n) is 2.40. The fraction of sp³-hybridized carbons (Fsp3) is 0. The van der Waals surface area contributed by atoms with E-state index in [-0.39, 0.29) is 5.56 Å². The number of nitrogens with zero attached hydrogens (tertiary/aromatic N) is 2. The molecule has 0 radical (unpaired) electrons. The van der Waals surface area contributed by atoms with Crippen LogP contribution in [0.3, 0.4) is 0 Å². The Labute approximate surface area is 114 Å². The van der Waals surface area contributed by atoms with Gasteiger partial charge in [-0.3, -0.25) is 0 Å². The van der Waals surface area contributed by atoms with Crippen molar-refractivity contribution in [2.75, 3.05) is 5.32 Å². The minimum Gasteiger partial charge on any atom is -0.478 e. The predicted molar refractivity (Wildman–Crippen MR) is 73.4 cm³/mol. The molecular weight excluding hydrogens is 258 g/mol. The van der Waals surface area contributed by atoms with E-state index in [9.17, 15) is 9.59 Å². The summed E-state index contributed by atoms with van der Waals surface area (Å²) in [6, 6.07) is 14.0. The summed E-state index contributed by atoms with van der Waals surface area (Å²) in [4.78, 5) is 22.2. The molecule has 2 rings (SSSR count). The summed E-state index contributed by atoms with van der Waals surface area (Å²) in [6.07, 6.45) is 0. The van der Waals surface area contributed by atoms with Gasteiger partial charge in [-0.25, -0.2) is 9.59 Å². The maximum atomic E-state index is 11.5. The standard InChI is InChI=1S/C14H11N3O3/c18-13(19)10-6-8-12(9-7-10)16-17-14(20)15-11-4-2-1-3-5-11/h1-9H,(H,15,20)(H,18,19). The Kier molecular flexibility index (Phi) is 4.18. The molecule has 0 aliphatic carbocycles. The van der Waals surface area contributed by atoms with Crippen molar-refractivity contribution < 1.29 is 14.7 Å². The first kappa shape index (κ1) is 13.4. The molecule has 6 heteroatoms. The summed E-state index contributed by atoms with van der Waals surface area (Å²) < 4.78 is 0. The van der Waals surface area contributed by atoms with Crippen molar-refractivity contribution in [3.8, 4) is 0 Å². The van der Waals surface area contributed by atoms with Crippen LogP contribution in [0.5, 0.6) is 0 Å². The second-order valence-electron chi connectivity index (χ2n) is 3.85. The number of urea groups is 1. The van der Waals surface area contributed by atoms with E-state index in [1.165, 1.54) is 24.3 Å². The van der Waals surface area contributed by atoms with E-state index in [2.05, 4.69) is 15.5 Å². The van der Waals surface area contributed by atoms with E-state index in [1.54, 1.807) is 24.3 Å². The van der Waals surface area contributed by atoms with Crippen LogP contribution in [0.15, 0.2) is 64.8 Å². The molecule has 20 heavy (non-hydrogen) atoms. The van der Waals surface area contributed by atoms with Crippen molar-refractivity contribution in [2.45, 2.75) is 0 Å². The summed E-state index contributed by atoms with van der Waals surface area (Å²) in [5.74, 6) is -1.02. The van der Waals surface area contributed by atoms with Gasteiger partial charge < -0.3 is 10.4 Å². The molecule has 0 atom stereocenters. The second-order valence-corrected chi connectivity index (χ2v) is 3.85. The molecule has 6 nitrogen and oxygen atoms in total. The number of amides is 2. The van der Waals surface area contributed by atoms with Crippen LogP contribution in [0.4, 0.5) is 16.2 Å². The highest BCUT2D eigenvalue weighted by molar-refractivity contribution is 5.90. The van der Waals surface area contributed by atoms with Crippen LogP contribution in [0.25, 0.3) is 0 Å². The summed E-state index contributed by atoms with van der Waals surface area (Å²) in [6.45, 7) is 0. The molecule has 0 unspecified atom stereocenters. The minimum absolute atomic E-state index is 0.151. The number of carboxylic acid groups (broad SMARTS) is 1. The molecule has 0 fully saturated rings. The molecule has 2 aromatic rings. The Hall–Kier alpha value is -3.02. The molecule has 2 aromatic carbocycles. The Bertz CT molecular complexity index is 636. The number of para-hydroxylation sites is 1. The fourth-order valence-electron chi connectivity index (χ4n) is 1.44. The van der Waals surface area contributed by atoms with Crippen LogP contribution in [-0.4, -0.2) is 17.1 Å². The van der Waals surface area contributed by atoms with Gasteiger partial charge in [0.05, 0.1) is 11.3 Å². The lowest BCUT2D eigenvalue weighted by molar-refractivity contribution is 0.0697. The maximum absolute atomic E-state index is 11.5. The van der Waals surface area contributed by atoms with Gasteiger partial charge in [0, 0.05) is 5.69 Å². The lowest BCUT2D eigenvalue weighted by Crippen LogP contribution is -2.04. The van der Waals surface area contributed by atoms with Crippen molar-refractivity contribution in [2.24, 2.45) is 10.2 Å². The molecule has 100 valence electrons. The normalized spacial score (nSPS) is 10.4. The molecule has 0 aliphatic rings. The largest absolute Gasteiger partial charge is 0.478 e. The average molecular weight is 269 g/mol. The summed E-state index contributed by atoms with van der Waals surface area (Å²) in [5, 5.41) is 18.5. The van der Waals surface area contributed by atoms with E-state index >= 15 is 0 Å². The molecule has 0 spiro atoms. The van der Waals surface area contributed by atoms with Crippen LogP contribution in [0, 0.1) is 0 Å². The van der Waals surface area contributed by atoms with Crippen molar-refractivity contribution in [1.29, 1.82) is 0 Å². The van der Waals surface area contributed by atoms with E-state index in [0.717, 1.165) is 0 Å². The van der Waals surface area contributed by atoms with E-state index < -0.39 is 12.0 Å². The Morgan fingerprint density at radius 1 is 0.950 bits per heavy atom. The number of benzene rings is 2. The molecule has 0 saturated heterocycles. The lowest BCUT2D eigenvalue weighted by Gasteiger charge is -1.99. The van der Waals surface area contributed by atoms with E-state index in [0.29, 0.717) is 11.4 Å². The number of rotatable bonds is 3. The Balaban J connectivity index is 1.98. The number of hydrogen-bond donors (Lipinski definition) is 2. The number of carbonyl (C=O) groups excluding carboxylic acids is 1. The third-order valence-corrected chi connectivity index (χ3v) is 2.40. The SMILES string of the molecule is O=C(N=Nc1ccc(C(=O)O)cc1)Nc1ccccc1. The molecule has 0 aromatic heterocycles. The molecular formula is C14H11N3O3. The van der Waals surface area contributed by atoms with Crippen molar-refractivity contribution in [3.63, 3.8) is 0 Å². The van der Waals surface area contributed by atoms with Gasteiger partial charge in [-0.1, -0.05) is 23.3 Å². The van der Waals surface area contributed by atoms with Crippen molar-refractivity contribution >= 4 is 23.4 Å². The zero-order chi connectivity index (χ0) is 14.4. The number of anilines is 1. The quantitative estimate of drug-likeness (QED) is 0.832. The molecule has 0 aliphatic heterocycles. The van der Waals surface area contributed by atoms with Gasteiger partial charge in [-0.05, 0) is 36.4 Å².